The molecule has 96 valence electrons. The molecule has 0 aliphatic heterocycles. The highest BCUT2D eigenvalue weighted by atomic mass is 16.5. The zero-order valence-electron chi connectivity index (χ0n) is 10.8. The van der Waals surface area contributed by atoms with Gasteiger partial charge in [0.05, 0.1) is 11.6 Å². The minimum atomic E-state index is -0.466. The molecule has 0 spiro atoms. The highest BCUT2D eigenvalue weighted by Crippen LogP contribution is 2.09. The van der Waals surface area contributed by atoms with Gasteiger partial charge >= 0.3 is 0 Å². The third kappa shape index (κ3) is 4.56. The van der Waals surface area contributed by atoms with Crippen LogP contribution >= 0.6 is 0 Å². The van der Waals surface area contributed by atoms with Crippen molar-refractivity contribution < 1.29 is 9.53 Å². The fourth-order valence-corrected chi connectivity index (χ4v) is 1.35. The summed E-state index contributed by atoms with van der Waals surface area (Å²) in [5, 5.41) is 11.4. The number of benzene rings is 1. The van der Waals surface area contributed by atoms with E-state index in [1.165, 1.54) is 0 Å². The first-order chi connectivity index (χ1) is 8.67. The first kappa shape index (κ1) is 14.2. The van der Waals surface area contributed by atoms with Gasteiger partial charge in [-0.15, -0.1) is 0 Å². The Hall–Kier alpha value is -1.86. The molecule has 1 atom stereocenters. The van der Waals surface area contributed by atoms with E-state index >= 15 is 0 Å². The average Bonchev–Trinajstić information content (AvgIpc) is 2.39. The van der Waals surface area contributed by atoms with E-state index in [2.05, 4.69) is 12.2 Å². The van der Waals surface area contributed by atoms with Gasteiger partial charge in [0.15, 0.2) is 0 Å². The number of hydrogen-bond donors (Lipinski definition) is 1. The van der Waals surface area contributed by atoms with Gasteiger partial charge in [0.25, 0.3) is 5.91 Å². The second-order valence-electron chi connectivity index (χ2n) is 4.04. The van der Waals surface area contributed by atoms with Crippen molar-refractivity contribution >= 4 is 11.6 Å². The Morgan fingerprint density at radius 2 is 2.11 bits per heavy atom. The van der Waals surface area contributed by atoms with Crippen LogP contribution in [0, 0.1) is 11.3 Å². The van der Waals surface area contributed by atoms with Crippen LogP contribution in [0.4, 0.5) is 5.69 Å². The Morgan fingerprint density at radius 3 is 2.67 bits per heavy atom. The van der Waals surface area contributed by atoms with Crippen LogP contribution in [-0.2, 0) is 9.53 Å². The fraction of sp³-hybridized carbons (Fsp3) is 0.429. The first-order valence-corrected chi connectivity index (χ1v) is 6.10. The number of ether oxygens (including phenoxy) is 1. The molecule has 1 unspecified atom stereocenters. The average molecular weight is 246 g/mol. The molecule has 4 heteroatoms. The van der Waals surface area contributed by atoms with Gasteiger partial charge in [-0.2, -0.15) is 5.26 Å². The quantitative estimate of drug-likeness (QED) is 0.785. The van der Waals surface area contributed by atoms with Gasteiger partial charge in [-0.25, -0.2) is 0 Å². The number of nitrogens with one attached hydrogen (secondary N) is 1. The number of hydrogen-bond acceptors (Lipinski definition) is 3. The summed E-state index contributed by atoms with van der Waals surface area (Å²) in [6, 6.07) is 8.76. The Kier molecular flexibility index (Phi) is 5.89. The van der Waals surface area contributed by atoms with E-state index in [0.29, 0.717) is 17.9 Å². The number of nitriles is 1. The lowest BCUT2D eigenvalue weighted by molar-refractivity contribution is -0.126. The Balaban J connectivity index is 2.45. The summed E-state index contributed by atoms with van der Waals surface area (Å²) >= 11 is 0. The van der Waals surface area contributed by atoms with Crippen molar-refractivity contribution in [2.24, 2.45) is 0 Å². The third-order valence-corrected chi connectivity index (χ3v) is 2.52. The Morgan fingerprint density at radius 1 is 1.44 bits per heavy atom. The predicted molar refractivity (Wildman–Crippen MR) is 70.1 cm³/mol. The maximum atomic E-state index is 11.8. The van der Waals surface area contributed by atoms with Crippen LogP contribution in [0.2, 0.25) is 0 Å². The highest BCUT2D eigenvalue weighted by Gasteiger charge is 2.12. The second-order valence-corrected chi connectivity index (χ2v) is 4.04. The number of anilines is 1. The zero-order valence-corrected chi connectivity index (χ0v) is 10.8. The lowest BCUT2D eigenvalue weighted by Crippen LogP contribution is -2.28. The molecule has 0 saturated heterocycles. The molecule has 0 aliphatic carbocycles. The number of amides is 1. The van der Waals surface area contributed by atoms with Gasteiger partial charge in [-0.1, -0.05) is 13.3 Å². The highest BCUT2D eigenvalue weighted by molar-refractivity contribution is 5.93. The van der Waals surface area contributed by atoms with E-state index < -0.39 is 6.10 Å². The van der Waals surface area contributed by atoms with Crippen molar-refractivity contribution in [2.45, 2.75) is 32.8 Å². The molecule has 0 aliphatic rings. The zero-order chi connectivity index (χ0) is 13.4. The van der Waals surface area contributed by atoms with Crippen molar-refractivity contribution in [1.29, 1.82) is 5.26 Å². The molecule has 0 saturated carbocycles. The van der Waals surface area contributed by atoms with Gasteiger partial charge in [0.1, 0.15) is 6.10 Å². The molecule has 1 rings (SSSR count). The summed E-state index contributed by atoms with van der Waals surface area (Å²) in [7, 11) is 0. The summed E-state index contributed by atoms with van der Waals surface area (Å²) in [4.78, 5) is 11.8. The predicted octanol–water partition coefficient (Wildman–Crippen LogP) is 2.70. The van der Waals surface area contributed by atoms with E-state index in [9.17, 15) is 4.79 Å². The Labute approximate surface area is 108 Å². The number of carbonyl (C=O) groups excluding carboxylic acids is 1. The molecular weight excluding hydrogens is 228 g/mol. The number of unbranched alkanes of at least 4 members (excludes halogenated alkanes) is 1. The molecule has 1 amide bonds. The van der Waals surface area contributed by atoms with Crippen molar-refractivity contribution in [3.8, 4) is 6.07 Å². The molecule has 0 radical (unpaired) electrons. The number of carbonyl (C=O) groups is 1. The standard InChI is InChI=1S/C14H18N2O2/c1-3-4-9-18-11(2)14(17)16-13-7-5-12(10-15)6-8-13/h5-8,11H,3-4,9H2,1-2H3,(H,16,17). The third-order valence-electron chi connectivity index (χ3n) is 2.52. The summed E-state index contributed by atoms with van der Waals surface area (Å²) in [5.74, 6) is -0.171. The summed E-state index contributed by atoms with van der Waals surface area (Å²) in [6.07, 6.45) is 1.53. The van der Waals surface area contributed by atoms with Crippen LogP contribution in [-0.4, -0.2) is 18.6 Å². The molecule has 18 heavy (non-hydrogen) atoms. The Bertz CT molecular complexity index is 420. The van der Waals surface area contributed by atoms with Gasteiger partial charge in [0, 0.05) is 12.3 Å². The van der Waals surface area contributed by atoms with Crippen LogP contribution < -0.4 is 5.32 Å². The van der Waals surface area contributed by atoms with Crippen LogP contribution in [0.1, 0.15) is 32.3 Å². The van der Waals surface area contributed by atoms with Gasteiger partial charge < -0.3 is 10.1 Å². The summed E-state index contributed by atoms with van der Waals surface area (Å²) in [5.41, 5.74) is 1.24. The maximum Gasteiger partial charge on any atom is 0.253 e. The van der Waals surface area contributed by atoms with E-state index in [0.717, 1.165) is 12.8 Å². The van der Waals surface area contributed by atoms with Crippen molar-refractivity contribution in [1.82, 2.24) is 0 Å². The molecule has 0 bridgehead atoms. The molecular formula is C14H18N2O2. The summed E-state index contributed by atoms with van der Waals surface area (Å²) < 4.78 is 5.40. The van der Waals surface area contributed by atoms with Gasteiger partial charge in [-0.05, 0) is 37.6 Å². The lowest BCUT2D eigenvalue weighted by Gasteiger charge is -2.13. The molecule has 1 aromatic rings. The van der Waals surface area contributed by atoms with E-state index in [4.69, 9.17) is 10.00 Å². The topological polar surface area (TPSA) is 62.1 Å². The van der Waals surface area contributed by atoms with E-state index in [1.54, 1.807) is 31.2 Å². The number of nitrogens with zero attached hydrogens (tertiary/aromatic N) is 1. The first-order valence-electron chi connectivity index (χ1n) is 6.10. The van der Waals surface area contributed by atoms with Crippen molar-refractivity contribution in [3.63, 3.8) is 0 Å². The van der Waals surface area contributed by atoms with Gasteiger partial charge in [-0.3, -0.25) is 4.79 Å². The molecule has 0 fully saturated rings. The largest absolute Gasteiger partial charge is 0.369 e. The van der Waals surface area contributed by atoms with E-state index in [1.807, 2.05) is 6.07 Å². The molecule has 0 heterocycles. The fourth-order valence-electron chi connectivity index (χ4n) is 1.35. The molecule has 1 aromatic carbocycles. The SMILES string of the molecule is CCCCOC(C)C(=O)Nc1ccc(C#N)cc1. The smallest absolute Gasteiger partial charge is 0.253 e. The minimum Gasteiger partial charge on any atom is -0.369 e. The van der Waals surface area contributed by atoms with Crippen LogP contribution in [0.3, 0.4) is 0 Å². The summed E-state index contributed by atoms with van der Waals surface area (Å²) in [6.45, 7) is 4.40. The van der Waals surface area contributed by atoms with Gasteiger partial charge in [0.2, 0.25) is 0 Å². The molecule has 1 N–H and O–H groups in total. The minimum absolute atomic E-state index is 0.171. The van der Waals surface area contributed by atoms with Crippen molar-refractivity contribution in [2.75, 3.05) is 11.9 Å². The van der Waals surface area contributed by atoms with E-state index in [-0.39, 0.29) is 5.91 Å². The van der Waals surface area contributed by atoms with Crippen molar-refractivity contribution in [3.05, 3.63) is 29.8 Å². The second kappa shape index (κ2) is 7.46. The van der Waals surface area contributed by atoms with Crippen LogP contribution in [0.25, 0.3) is 0 Å². The maximum absolute atomic E-state index is 11.8. The lowest BCUT2D eigenvalue weighted by atomic mass is 10.2. The number of rotatable bonds is 6. The molecule has 4 nitrogen and oxygen atoms in total. The van der Waals surface area contributed by atoms with Crippen LogP contribution in [0.15, 0.2) is 24.3 Å². The monoisotopic (exact) mass is 246 g/mol. The normalized spacial score (nSPS) is 11.6. The molecule has 0 aromatic heterocycles. The van der Waals surface area contributed by atoms with Crippen LogP contribution in [0.5, 0.6) is 0 Å².